The highest BCUT2D eigenvalue weighted by molar-refractivity contribution is 5.79. The van der Waals surface area contributed by atoms with E-state index in [9.17, 15) is 9.59 Å². The molecule has 0 bridgehead atoms. The van der Waals surface area contributed by atoms with E-state index in [0.717, 1.165) is 0 Å². The van der Waals surface area contributed by atoms with Crippen molar-refractivity contribution < 1.29 is 24.2 Å². The zero-order chi connectivity index (χ0) is 17.4. The van der Waals surface area contributed by atoms with Crippen LogP contribution in [-0.2, 0) is 9.59 Å². The molecule has 2 aromatic carbocycles. The molecule has 0 aromatic heterocycles. The molecule has 1 amide bonds. The fourth-order valence-electron chi connectivity index (χ4n) is 2.16. The van der Waals surface area contributed by atoms with Gasteiger partial charge in [-0.05, 0) is 29.8 Å². The van der Waals surface area contributed by atoms with Gasteiger partial charge >= 0.3 is 5.97 Å². The van der Waals surface area contributed by atoms with E-state index in [4.69, 9.17) is 14.6 Å². The van der Waals surface area contributed by atoms with Crippen LogP contribution in [0.2, 0.25) is 0 Å². The summed E-state index contributed by atoms with van der Waals surface area (Å²) in [7, 11) is 1.55. The maximum absolute atomic E-state index is 12.1. The van der Waals surface area contributed by atoms with Crippen LogP contribution in [0.25, 0.3) is 0 Å². The molecule has 6 nitrogen and oxygen atoms in total. The Morgan fingerprint density at radius 3 is 2.29 bits per heavy atom. The fourth-order valence-corrected chi connectivity index (χ4v) is 2.16. The Balaban J connectivity index is 1.99. The summed E-state index contributed by atoms with van der Waals surface area (Å²) in [5.41, 5.74) is 0.686. The number of hydrogen-bond donors (Lipinski definition) is 2. The molecular formula is C18H19NO5. The SMILES string of the molecule is COc1ccc([C@H](CC(=O)O)NC(=O)COc2ccccc2)cc1. The quantitative estimate of drug-likeness (QED) is 0.777. The highest BCUT2D eigenvalue weighted by atomic mass is 16.5. The smallest absolute Gasteiger partial charge is 0.305 e. The number of benzene rings is 2. The summed E-state index contributed by atoms with van der Waals surface area (Å²) in [6.07, 6.45) is -0.219. The maximum Gasteiger partial charge on any atom is 0.305 e. The van der Waals surface area contributed by atoms with Crippen LogP contribution < -0.4 is 14.8 Å². The molecule has 0 fully saturated rings. The van der Waals surface area contributed by atoms with Gasteiger partial charge in [0.05, 0.1) is 19.6 Å². The summed E-state index contributed by atoms with van der Waals surface area (Å²) >= 11 is 0. The molecule has 0 radical (unpaired) electrons. The number of carbonyl (C=O) groups is 2. The average Bonchev–Trinajstić information content (AvgIpc) is 2.60. The first-order valence-electron chi connectivity index (χ1n) is 7.41. The fraction of sp³-hybridized carbons (Fsp3) is 0.222. The number of aliphatic carboxylic acids is 1. The molecule has 1 atom stereocenters. The summed E-state index contributed by atoms with van der Waals surface area (Å²) in [6, 6.07) is 15.2. The molecule has 2 aromatic rings. The van der Waals surface area contributed by atoms with E-state index in [1.165, 1.54) is 0 Å². The lowest BCUT2D eigenvalue weighted by atomic mass is 10.0. The van der Waals surface area contributed by atoms with E-state index in [1.54, 1.807) is 55.6 Å². The zero-order valence-corrected chi connectivity index (χ0v) is 13.3. The molecule has 126 valence electrons. The summed E-state index contributed by atoms with van der Waals surface area (Å²) in [4.78, 5) is 23.1. The third kappa shape index (κ3) is 5.31. The molecule has 0 spiro atoms. The van der Waals surface area contributed by atoms with Crippen LogP contribution >= 0.6 is 0 Å². The second kappa shape index (κ2) is 8.57. The Kier molecular flexibility index (Phi) is 6.19. The first-order chi connectivity index (χ1) is 11.6. The van der Waals surface area contributed by atoms with Crippen LogP contribution in [0.15, 0.2) is 54.6 Å². The molecule has 24 heavy (non-hydrogen) atoms. The van der Waals surface area contributed by atoms with Gasteiger partial charge in [-0.1, -0.05) is 30.3 Å². The topological polar surface area (TPSA) is 84.9 Å². The standard InChI is InChI=1S/C18H19NO5/c1-23-14-9-7-13(8-10-14)16(11-18(21)22)19-17(20)12-24-15-5-3-2-4-6-15/h2-10,16H,11-12H2,1H3,(H,19,20)(H,21,22)/t16-/m0/s1. The predicted octanol–water partition coefficient (Wildman–Crippen LogP) is 2.41. The van der Waals surface area contributed by atoms with Gasteiger partial charge in [-0.3, -0.25) is 9.59 Å². The molecule has 0 saturated heterocycles. The van der Waals surface area contributed by atoms with E-state index in [0.29, 0.717) is 17.1 Å². The third-order valence-electron chi connectivity index (χ3n) is 3.35. The second-order valence-electron chi connectivity index (χ2n) is 5.09. The number of rotatable bonds is 8. The van der Waals surface area contributed by atoms with Crippen molar-refractivity contribution >= 4 is 11.9 Å². The van der Waals surface area contributed by atoms with Crippen molar-refractivity contribution in [3.63, 3.8) is 0 Å². The van der Waals surface area contributed by atoms with Crippen LogP contribution in [0.5, 0.6) is 11.5 Å². The van der Waals surface area contributed by atoms with Gasteiger partial charge in [-0.25, -0.2) is 0 Å². The number of carbonyl (C=O) groups excluding carboxylic acids is 1. The minimum atomic E-state index is -1.000. The van der Waals surface area contributed by atoms with Gasteiger partial charge in [0, 0.05) is 0 Å². The van der Waals surface area contributed by atoms with E-state index < -0.39 is 12.0 Å². The molecule has 0 saturated carbocycles. The summed E-state index contributed by atoms with van der Waals surface area (Å²) in [5.74, 6) is -0.153. The number of amides is 1. The summed E-state index contributed by atoms with van der Waals surface area (Å²) in [5, 5.41) is 11.7. The van der Waals surface area contributed by atoms with Gasteiger partial charge in [0.15, 0.2) is 6.61 Å². The lowest BCUT2D eigenvalue weighted by Gasteiger charge is -2.18. The van der Waals surface area contributed by atoms with Crippen LogP contribution in [-0.4, -0.2) is 30.7 Å². The molecular weight excluding hydrogens is 310 g/mol. The first-order valence-corrected chi connectivity index (χ1v) is 7.41. The van der Waals surface area contributed by atoms with Crippen LogP contribution in [0.3, 0.4) is 0 Å². The van der Waals surface area contributed by atoms with Crippen LogP contribution in [0.4, 0.5) is 0 Å². The molecule has 0 heterocycles. The Hall–Kier alpha value is -3.02. The van der Waals surface area contributed by atoms with Crippen molar-refractivity contribution in [1.29, 1.82) is 0 Å². The molecule has 2 rings (SSSR count). The Labute approximate surface area is 140 Å². The third-order valence-corrected chi connectivity index (χ3v) is 3.35. The number of carboxylic acids is 1. The number of carboxylic acid groups (broad SMARTS) is 1. The second-order valence-corrected chi connectivity index (χ2v) is 5.09. The van der Waals surface area contributed by atoms with Gasteiger partial charge in [0.25, 0.3) is 5.91 Å². The first kappa shape index (κ1) is 17.3. The van der Waals surface area contributed by atoms with Gasteiger partial charge in [-0.2, -0.15) is 0 Å². The number of methoxy groups -OCH3 is 1. The van der Waals surface area contributed by atoms with Crippen LogP contribution in [0, 0.1) is 0 Å². The zero-order valence-electron chi connectivity index (χ0n) is 13.3. The number of para-hydroxylation sites is 1. The van der Waals surface area contributed by atoms with Crippen LogP contribution in [0.1, 0.15) is 18.0 Å². The molecule has 2 N–H and O–H groups in total. The Morgan fingerprint density at radius 1 is 1.04 bits per heavy atom. The van der Waals surface area contributed by atoms with Gasteiger partial charge < -0.3 is 19.9 Å². The normalized spacial score (nSPS) is 11.4. The molecule has 0 aliphatic heterocycles. The molecule has 0 aliphatic rings. The number of hydrogen-bond acceptors (Lipinski definition) is 4. The molecule has 0 aliphatic carbocycles. The van der Waals surface area contributed by atoms with E-state index in [-0.39, 0.29) is 18.9 Å². The maximum atomic E-state index is 12.1. The Morgan fingerprint density at radius 2 is 1.71 bits per heavy atom. The average molecular weight is 329 g/mol. The largest absolute Gasteiger partial charge is 0.497 e. The molecule has 6 heteroatoms. The van der Waals surface area contributed by atoms with Crippen molar-refractivity contribution in [1.82, 2.24) is 5.32 Å². The summed E-state index contributed by atoms with van der Waals surface area (Å²) < 4.78 is 10.4. The van der Waals surface area contributed by atoms with Crippen molar-refractivity contribution in [2.45, 2.75) is 12.5 Å². The predicted molar refractivity (Wildman–Crippen MR) is 88.1 cm³/mol. The molecule has 0 unspecified atom stereocenters. The van der Waals surface area contributed by atoms with Crippen molar-refractivity contribution in [2.75, 3.05) is 13.7 Å². The highest BCUT2D eigenvalue weighted by Gasteiger charge is 2.18. The number of ether oxygens (including phenoxy) is 2. The van der Waals surface area contributed by atoms with Gasteiger partial charge in [0.1, 0.15) is 11.5 Å². The van der Waals surface area contributed by atoms with Gasteiger partial charge in [0.2, 0.25) is 0 Å². The van der Waals surface area contributed by atoms with Crippen molar-refractivity contribution in [3.8, 4) is 11.5 Å². The van der Waals surface area contributed by atoms with E-state index in [1.807, 2.05) is 6.07 Å². The lowest BCUT2D eigenvalue weighted by molar-refractivity contribution is -0.137. The minimum Gasteiger partial charge on any atom is -0.497 e. The Bertz CT molecular complexity index is 670. The van der Waals surface area contributed by atoms with E-state index >= 15 is 0 Å². The summed E-state index contributed by atoms with van der Waals surface area (Å²) in [6.45, 7) is -0.184. The van der Waals surface area contributed by atoms with E-state index in [2.05, 4.69) is 5.32 Å². The minimum absolute atomic E-state index is 0.184. The van der Waals surface area contributed by atoms with Crippen molar-refractivity contribution in [2.24, 2.45) is 0 Å². The van der Waals surface area contributed by atoms with Gasteiger partial charge in [-0.15, -0.1) is 0 Å². The highest BCUT2D eigenvalue weighted by Crippen LogP contribution is 2.20. The monoisotopic (exact) mass is 329 g/mol. The van der Waals surface area contributed by atoms with Crippen molar-refractivity contribution in [3.05, 3.63) is 60.2 Å². The number of nitrogens with one attached hydrogen (secondary N) is 1. The lowest BCUT2D eigenvalue weighted by Crippen LogP contribution is -2.33.